The van der Waals surface area contributed by atoms with Gasteiger partial charge in [0.1, 0.15) is 0 Å². The summed E-state index contributed by atoms with van der Waals surface area (Å²) in [6, 6.07) is 2.14. The number of ether oxygens (including phenoxy) is 1. The minimum absolute atomic E-state index is 0.690. The van der Waals surface area contributed by atoms with Crippen LogP contribution in [0.1, 0.15) is 12.8 Å². The highest BCUT2D eigenvalue weighted by atomic mass is 16.5. The van der Waals surface area contributed by atoms with Crippen LogP contribution in [0, 0.1) is 11.3 Å². The van der Waals surface area contributed by atoms with Crippen molar-refractivity contribution in [2.75, 3.05) is 13.7 Å². The number of nitriles is 1. The molecule has 0 N–H and O–H groups in total. The van der Waals surface area contributed by atoms with Gasteiger partial charge in [-0.1, -0.05) is 12.2 Å². The summed E-state index contributed by atoms with van der Waals surface area (Å²) in [6.45, 7) is 0.690. The molecule has 0 fully saturated rings. The van der Waals surface area contributed by atoms with Crippen LogP contribution in [-0.2, 0) is 4.74 Å². The van der Waals surface area contributed by atoms with E-state index in [0.29, 0.717) is 6.61 Å². The minimum atomic E-state index is 0.690. The molecule has 2 heteroatoms. The van der Waals surface area contributed by atoms with Crippen LogP contribution in [0.4, 0.5) is 0 Å². The highest BCUT2D eigenvalue weighted by Crippen LogP contribution is 2.16. The molecule has 0 heterocycles. The molecule has 11 heavy (non-hydrogen) atoms. The van der Waals surface area contributed by atoms with Gasteiger partial charge in [-0.05, 0) is 12.0 Å². The molecule has 0 bridgehead atoms. The average molecular weight is 149 g/mol. The Balaban J connectivity index is 2.45. The number of rotatable bonds is 2. The third-order valence-electron chi connectivity index (χ3n) is 1.69. The van der Waals surface area contributed by atoms with Gasteiger partial charge in [-0.25, -0.2) is 0 Å². The summed E-state index contributed by atoms with van der Waals surface area (Å²) in [5.74, 6) is 0. The van der Waals surface area contributed by atoms with E-state index in [4.69, 9.17) is 10.00 Å². The maximum Gasteiger partial charge on any atom is 0.0947 e. The zero-order valence-electron chi connectivity index (χ0n) is 6.63. The predicted octanol–water partition coefficient (Wildman–Crippen LogP) is 1.80. The van der Waals surface area contributed by atoms with Crippen molar-refractivity contribution in [3.8, 4) is 6.07 Å². The standard InChI is InChI=1S/C9H11NO/c1-11-7-9-4-2-8(6-10)3-5-9/h2,5H,3-4,7H2,1H3. The lowest BCUT2D eigenvalue weighted by Crippen LogP contribution is -1.97. The van der Waals surface area contributed by atoms with Crippen LogP contribution in [-0.4, -0.2) is 13.7 Å². The van der Waals surface area contributed by atoms with Gasteiger partial charge in [-0.3, -0.25) is 0 Å². The van der Waals surface area contributed by atoms with Gasteiger partial charge in [0, 0.05) is 19.1 Å². The van der Waals surface area contributed by atoms with Gasteiger partial charge in [0.25, 0.3) is 0 Å². The van der Waals surface area contributed by atoms with Crippen LogP contribution in [0.25, 0.3) is 0 Å². The van der Waals surface area contributed by atoms with Gasteiger partial charge >= 0.3 is 0 Å². The first-order valence-electron chi connectivity index (χ1n) is 3.63. The molecule has 0 unspecified atom stereocenters. The molecule has 1 aliphatic carbocycles. The predicted molar refractivity (Wildman–Crippen MR) is 42.9 cm³/mol. The lowest BCUT2D eigenvalue weighted by Gasteiger charge is -2.08. The fraction of sp³-hybridized carbons (Fsp3) is 0.444. The topological polar surface area (TPSA) is 33.0 Å². The zero-order valence-corrected chi connectivity index (χ0v) is 6.63. The number of methoxy groups -OCH3 is 1. The molecule has 0 aromatic carbocycles. The van der Waals surface area contributed by atoms with E-state index in [9.17, 15) is 0 Å². The summed E-state index contributed by atoms with van der Waals surface area (Å²) >= 11 is 0. The molecule has 0 saturated carbocycles. The molecule has 0 amide bonds. The van der Waals surface area contributed by atoms with Gasteiger partial charge in [0.05, 0.1) is 12.7 Å². The Labute approximate surface area is 66.8 Å². The highest BCUT2D eigenvalue weighted by Gasteiger charge is 2.03. The second-order valence-electron chi connectivity index (χ2n) is 2.54. The number of nitrogens with zero attached hydrogens (tertiary/aromatic N) is 1. The van der Waals surface area contributed by atoms with E-state index in [1.807, 2.05) is 6.08 Å². The maximum absolute atomic E-state index is 8.53. The first-order valence-corrected chi connectivity index (χ1v) is 3.63. The smallest absolute Gasteiger partial charge is 0.0947 e. The summed E-state index contributed by atoms with van der Waals surface area (Å²) in [4.78, 5) is 0. The van der Waals surface area contributed by atoms with E-state index in [2.05, 4.69) is 12.1 Å². The van der Waals surface area contributed by atoms with Gasteiger partial charge < -0.3 is 4.74 Å². The van der Waals surface area contributed by atoms with Crippen LogP contribution in [0.5, 0.6) is 0 Å². The number of hydrogen-bond donors (Lipinski definition) is 0. The van der Waals surface area contributed by atoms with Gasteiger partial charge in [-0.15, -0.1) is 0 Å². The fourth-order valence-electron chi connectivity index (χ4n) is 1.07. The van der Waals surface area contributed by atoms with E-state index in [1.54, 1.807) is 7.11 Å². The minimum Gasteiger partial charge on any atom is -0.380 e. The van der Waals surface area contributed by atoms with Gasteiger partial charge in [0.2, 0.25) is 0 Å². The number of hydrogen-bond acceptors (Lipinski definition) is 2. The lowest BCUT2D eigenvalue weighted by molar-refractivity contribution is 0.224. The van der Waals surface area contributed by atoms with Crippen molar-refractivity contribution in [2.45, 2.75) is 12.8 Å². The Bertz CT molecular complexity index is 232. The molecule has 58 valence electrons. The third-order valence-corrected chi connectivity index (χ3v) is 1.69. The fourth-order valence-corrected chi connectivity index (χ4v) is 1.07. The highest BCUT2D eigenvalue weighted by molar-refractivity contribution is 5.30. The van der Waals surface area contributed by atoms with Crippen molar-refractivity contribution in [3.63, 3.8) is 0 Å². The molecule has 0 saturated heterocycles. The summed E-state index contributed by atoms with van der Waals surface area (Å²) in [5.41, 5.74) is 2.14. The third kappa shape index (κ3) is 2.21. The van der Waals surface area contributed by atoms with Gasteiger partial charge in [-0.2, -0.15) is 5.26 Å². The molecule has 0 spiro atoms. The van der Waals surface area contributed by atoms with E-state index < -0.39 is 0 Å². The molecule has 1 rings (SSSR count). The molecular weight excluding hydrogens is 138 g/mol. The molecule has 0 atom stereocenters. The van der Waals surface area contributed by atoms with Crippen LogP contribution in [0.15, 0.2) is 23.3 Å². The average Bonchev–Trinajstić information content (AvgIpc) is 2.07. The van der Waals surface area contributed by atoms with Crippen molar-refractivity contribution in [1.82, 2.24) is 0 Å². The van der Waals surface area contributed by atoms with Crippen molar-refractivity contribution < 1.29 is 4.74 Å². The Morgan fingerprint density at radius 2 is 2.36 bits per heavy atom. The van der Waals surface area contributed by atoms with Crippen LogP contribution < -0.4 is 0 Å². The number of allylic oxidation sites excluding steroid dienone is 3. The van der Waals surface area contributed by atoms with E-state index in [0.717, 1.165) is 18.4 Å². The second kappa shape index (κ2) is 3.95. The zero-order chi connectivity index (χ0) is 8.10. The molecule has 0 aromatic rings. The van der Waals surface area contributed by atoms with Crippen LogP contribution >= 0.6 is 0 Å². The van der Waals surface area contributed by atoms with E-state index >= 15 is 0 Å². The molecule has 0 aromatic heterocycles. The SMILES string of the molecule is COCC1=CCC(C#N)=CC1. The largest absolute Gasteiger partial charge is 0.380 e. The Kier molecular flexibility index (Phi) is 2.88. The van der Waals surface area contributed by atoms with Crippen molar-refractivity contribution in [3.05, 3.63) is 23.3 Å². The second-order valence-corrected chi connectivity index (χ2v) is 2.54. The van der Waals surface area contributed by atoms with Crippen molar-refractivity contribution in [1.29, 1.82) is 5.26 Å². The molecule has 0 radical (unpaired) electrons. The molecule has 2 nitrogen and oxygen atoms in total. The van der Waals surface area contributed by atoms with Gasteiger partial charge in [0.15, 0.2) is 0 Å². The molecular formula is C9H11NO. The summed E-state index contributed by atoms with van der Waals surface area (Å²) < 4.78 is 4.97. The monoisotopic (exact) mass is 149 g/mol. The van der Waals surface area contributed by atoms with E-state index in [-0.39, 0.29) is 0 Å². The molecule has 1 aliphatic rings. The first kappa shape index (κ1) is 8.03. The quantitative estimate of drug-likeness (QED) is 0.561. The summed E-state index contributed by atoms with van der Waals surface area (Å²) in [7, 11) is 1.68. The van der Waals surface area contributed by atoms with Crippen LogP contribution in [0.2, 0.25) is 0 Å². The first-order chi connectivity index (χ1) is 5.36. The van der Waals surface area contributed by atoms with Crippen molar-refractivity contribution >= 4 is 0 Å². The summed E-state index contributed by atoms with van der Waals surface area (Å²) in [6.07, 6.45) is 5.68. The van der Waals surface area contributed by atoms with Crippen molar-refractivity contribution in [2.24, 2.45) is 0 Å². The Hall–Kier alpha value is -1.07. The Morgan fingerprint density at radius 1 is 1.55 bits per heavy atom. The summed E-state index contributed by atoms with van der Waals surface area (Å²) in [5, 5.41) is 8.53. The maximum atomic E-state index is 8.53. The van der Waals surface area contributed by atoms with Crippen LogP contribution in [0.3, 0.4) is 0 Å². The lowest BCUT2D eigenvalue weighted by atomic mass is 10.0. The van der Waals surface area contributed by atoms with E-state index in [1.165, 1.54) is 5.57 Å². The molecule has 0 aliphatic heterocycles. The normalized spacial score (nSPS) is 16.7. The Morgan fingerprint density at radius 3 is 2.82 bits per heavy atom.